The second-order valence-corrected chi connectivity index (χ2v) is 4.17. The normalized spacial score (nSPS) is 10.6. The van der Waals surface area contributed by atoms with Crippen LogP contribution < -0.4 is 5.32 Å². The average Bonchev–Trinajstić information content (AvgIpc) is 2.18. The van der Waals surface area contributed by atoms with Crippen molar-refractivity contribution in [2.24, 2.45) is 5.92 Å². The first-order valence-electron chi connectivity index (χ1n) is 5.11. The zero-order chi connectivity index (χ0) is 10.4. The van der Waals surface area contributed by atoms with Gasteiger partial charge in [0.15, 0.2) is 0 Å². The predicted octanol–water partition coefficient (Wildman–Crippen LogP) is 3.88. The minimum absolute atomic E-state index is 0.574. The van der Waals surface area contributed by atoms with Crippen LogP contribution in [0.3, 0.4) is 0 Å². The van der Waals surface area contributed by atoms with Gasteiger partial charge >= 0.3 is 0 Å². The Hall–Kier alpha value is -0.690. The van der Waals surface area contributed by atoms with Gasteiger partial charge in [-0.1, -0.05) is 32.0 Å². The molecule has 0 fully saturated rings. The van der Waals surface area contributed by atoms with E-state index in [2.05, 4.69) is 31.3 Å². The lowest BCUT2D eigenvalue weighted by Gasteiger charge is -2.11. The van der Waals surface area contributed by atoms with Gasteiger partial charge in [-0.05, 0) is 24.0 Å². The van der Waals surface area contributed by atoms with E-state index in [0.717, 1.165) is 12.5 Å². The van der Waals surface area contributed by atoms with E-state index in [9.17, 15) is 0 Å². The van der Waals surface area contributed by atoms with E-state index in [1.165, 1.54) is 17.7 Å². The van der Waals surface area contributed by atoms with Gasteiger partial charge in [-0.3, -0.25) is 0 Å². The lowest BCUT2D eigenvalue weighted by molar-refractivity contribution is 0.607. The van der Waals surface area contributed by atoms with E-state index in [1.807, 2.05) is 12.1 Å². The predicted molar refractivity (Wildman–Crippen MR) is 63.9 cm³/mol. The molecule has 0 heterocycles. The third-order valence-electron chi connectivity index (χ3n) is 2.20. The van der Waals surface area contributed by atoms with Crippen molar-refractivity contribution in [3.8, 4) is 0 Å². The molecule has 0 saturated carbocycles. The summed E-state index contributed by atoms with van der Waals surface area (Å²) < 4.78 is 0. The Morgan fingerprint density at radius 1 is 1.29 bits per heavy atom. The zero-order valence-electron chi connectivity index (χ0n) is 8.89. The number of halogens is 1. The number of hydrogen-bond donors (Lipinski definition) is 1. The van der Waals surface area contributed by atoms with Gasteiger partial charge in [-0.15, -0.1) is 11.6 Å². The highest BCUT2D eigenvalue weighted by Crippen LogP contribution is 2.17. The molecular weight excluding hydrogens is 194 g/mol. The summed E-state index contributed by atoms with van der Waals surface area (Å²) in [5.41, 5.74) is 2.35. The first-order chi connectivity index (χ1) is 6.74. The maximum Gasteiger partial charge on any atom is 0.0494 e. The minimum Gasteiger partial charge on any atom is -0.385 e. The summed E-state index contributed by atoms with van der Waals surface area (Å²) in [6.45, 7) is 5.48. The number of anilines is 1. The Kier molecular flexibility index (Phi) is 4.81. The van der Waals surface area contributed by atoms with Crippen LogP contribution in [0, 0.1) is 5.92 Å². The molecule has 14 heavy (non-hydrogen) atoms. The third kappa shape index (κ3) is 3.59. The van der Waals surface area contributed by atoms with Crippen molar-refractivity contribution in [2.75, 3.05) is 11.9 Å². The molecule has 0 aliphatic heterocycles. The topological polar surface area (TPSA) is 12.0 Å². The van der Waals surface area contributed by atoms with Crippen LogP contribution >= 0.6 is 11.6 Å². The second kappa shape index (κ2) is 5.92. The number of alkyl halides is 1. The summed E-state index contributed by atoms with van der Waals surface area (Å²) in [6.07, 6.45) is 1.19. The SMILES string of the molecule is CC(C)CCNc1ccccc1CCl. The second-order valence-electron chi connectivity index (χ2n) is 3.90. The van der Waals surface area contributed by atoms with Crippen molar-refractivity contribution in [1.29, 1.82) is 0 Å². The van der Waals surface area contributed by atoms with Crippen LogP contribution in [0.25, 0.3) is 0 Å². The first-order valence-corrected chi connectivity index (χ1v) is 5.65. The molecule has 1 rings (SSSR count). The van der Waals surface area contributed by atoms with Crippen LogP contribution in [0.15, 0.2) is 24.3 Å². The van der Waals surface area contributed by atoms with Crippen molar-refractivity contribution in [3.63, 3.8) is 0 Å². The average molecular weight is 212 g/mol. The van der Waals surface area contributed by atoms with Crippen LogP contribution in [-0.4, -0.2) is 6.54 Å². The van der Waals surface area contributed by atoms with Gasteiger partial charge < -0.3 is 5.32 Å². The summed E-state index contributed by atoms with van der Waals surface area (Å²) in [6, 6.07) is 8.20. The van der Waals surface area contributed by atoms with Gasteiger partial charge in [0.1, 0.15) is 0 Å². The van der Waals surface area contributed by atoms with Crippen LogP contribution in [0.2, 0.25) is 0 Å². The Labute approximate surface area is 91.5 Å². The van der Waals surface area contributed by atoms with Gasteiger partial charge in [0.2, 0.25) is 0 Å². The Bertz CT molecular complexity index is 271. The molecule has 1 nitrogen and oxygen atoms in total. The molecule has 0 amide bonds. The van der Waals surface area contributed by atoms with E-state index in [0.29, 0.717) is 5.88 Å². The van der Waals surface area contributed by atoms with E-state index in [4.69, 9.17) is 11.6 Å². The van der Waals surface area contributed by atoms with Gasteiger partial charge in [-0.2, -0.15) is 0 Å². The van der Waals surface area contributed by atoms with Crippen molar-refractivity contribution in [3.05, 3.63) is 29.8 Å². The number of hydrogen-bond acceptors (Lipinski definition) is 1. The van der Waals surface area contributed by atoms with Crippen LogP contribution in [0.5, 0.6) is 0 Å². The molecule has 0 aliphatic rings. The van der Waals surface area contributed by atoms with E-state index < -0.39 is 0 Å². The molecule has 1 aromatic carbocycles. The molecule has 0 atom stereocenters. The minimum atomic E-state index is 0.574. The third-order valence-corrected chi connectivity index (χ3v) is 2.49. The summed E-state index contributed by atoms with van der Waals surface area (Å²) in [7, 11) is 0. The highest BCUT2D eigenvalue weighted by Gasteiger charge is 1.99. The van der Waals surface area contributed by atoms with E-state index in [1.54, 1.807) is 0 Å². The van der Waals surface area contributed by atoms with Gasteiger partial charge in [-0.25, -0.2) is 0 Å². The summed E-state index contributed by atoms with van der Waals surface area (Å²) in [5, 5.41) is 3.41. The highest BCUT2D eigenvalue weighted by atomic mass is 35.5. The molecule has 0 aromatic heterocycles. The lowest BCUT2D eigenvalue weighted by Crippen LogP contribution is -2.06. The number of nitrogens with one attached hydrogen (secondary N) is 1. The molecule has 0 saturated heterocycles. The summed E-state index contributed by atoms with van der Waals surface area (Å²) >= 11 is 5.83. The van der Waals surface area contributed by atoms with Crippen molar-refractivity contribution in [1.82, 2.24) is 0 Å². The van der Waals surface area contributed by atoms with Crippen molar-refractivity contribution < 1.29 is 0 Å². The Balaban J connectivity index is 2.49. The molecule has 1 N–H and O–H groups in total. The van der Waals surface area contributed by atoms with Crippen molar-refractivity contribution >= 4 is 17.3 Å². The standard InChI is InChI=1S/C12H18ClN/c1-10(2)7-8-14-12-6-4-3-5-11(12)9-13/h3-6,10,14H,7-9H2,1-2H3. The van der Waals surface area contributed by atoms with Crippen LogP contribution in [0.1, 0.15) is 25.8 Å². The molecule has 0 radical (unpaired) electrons. The molecule has 0 spiro atoms. The maximum absolute atomic E-state index is 5.83. The summed E-state index contributed by atoms with van der Waals surface area (Å²) in [5.74, 6) is 1.32. The Morgan fingerprint density at radius 2 is 2.00 bits per heavy atom. The lowest BCUT2D eigenvalue weighted by atomic mass is 10.1. The van der Waals surface area contributed by atoms with Crippen LogP contribution in [-0.2, 0) is 5.88 Å². The molecular formula is C12H18ClN. The summed E-state index contributed by atoms with van der Waals surface area (Å²) in [4.78, 5) is 0. The zero-order valence-corrected chi connectivity index (χ0v) is 9.64. The molecule has 0 bridgehead atoms. The van der Waals surface area contributed by atoms with Gasteiger partial charge in [0.25, 0.3) is 0 Å². The number of para-hydroxylation sites is 1. The first kappa shape index (κ1) is 11.4. The van der Waals surface area contributed by atoms with Gasteiger partial charge in [0, 0.05) is 18.1 Å². The van der Waals surface area contributed by atoms with Crippen LogP contribution in [0.4, 0.5) is 5.69 Å². The number of rotatable bonds is 5. The molecule has 1 aromatic rings. The largest absolute Gasteiger partial charge is 0.385 e. The fourth-order valence-electron chi connectivity index (χ4n) is 1.30. The monoisotopic (exact) mass is 211 g/mol. The van der Waals surface area contributed by atoms with E-state index in [-0.39, 0.29) is 0 Å². The quantitative estimate of drug-likeness (QED) is 0.729. The highest BCUT2D eigenvalue weighted by molar-refractivity contribution is 6.17. The van der Waals surface area contributed by atoms with Crippen molar-refractivity contribution in [2.45, 2.75) is 26.1 Å². The fourth-order valence-corrected chi connectivity index (χ4v) is 1.54. The fraction of sp³-hybridized carbons (Fsp3) is 0.500. The van der Waals surface area contributed by atoms with Gasteiger partial charge in [0.05, 0.1) is 0 Å². The Morgan fingerprint density at radius 3 is 2.64 bits per heavy atom. The number of benzene rings is 1. The molecule has 0 aliphatic carbocycles. The molecule has 0 unspecified atom stereocenters. The molecule has 2 heteroatoms. The smallest absolute Gasteiger partial charge is 0.0494 e. The molecule has 78 valence electrons. The van der Waals surface area contributed by atoms with E-state index >= 15 is 0 Å². The maximum atomic E-state index is 5.83.